The minimum absolute atomic E-state index is 0.0866. The number of amides is 2. The Morgan fingerprint density at radius 3 is 2.26 bits per heavy atom. The number of ether oxygens (including phenoxy) is 1. The molecule has 144 valence electrons. The van der Waals surface area contributed by atoms with Crippen molar-refractivity contribution < 1.29 is 14.3 Å². The van der Waals surface area contributed by atoms with Crippen molar-refractivity contribution in [1.29, 1.82) is 0 Å². The van der Waals surface area contributed by atoms with Crippen LogP contribution in [0, 0.1) is 5.92 Å². The minimum atomic E-state index is -0.188. The van der Waals surface area contributed by atoms with E-state index in [1.165, 1.54) is 0 Å². The Morgan fingerprint density at radius 2 is 1.63 bits per heavy atom. The summed E-state index contributed by atoms with van der Waals surface area (Å²) < 4.78 is 5.77. The maximum absolute atomic E-state index is 12.5. The second-order valence-electron chi connectivity index (χ2n) is 6.65. The zero-order valence-corrected chi connectivity index (χ0v) is 16.1. The minimum Gasteiger partial charge on any atom is -0.482 e. The Kier molecular flexibility index (Phi) is 7.37. The van der Waals surface area contributed by atoms with Crippen LogP contribution in [0.3, 0.4) is 0 Å². The molecule has 0 aromatic heterocycles. The number of nitrogens with zero attached hydrogens (tertiary/aromatic N) is 2. The number of anilines is 2. The summed E-state index contributed by atoms with van der Waals surface area (Å²) in [6.45, 7) is 4.36. The van der Waals surface area contributed by atoms with Crippen LogP contribution in [0.15, 0.2) is 54.6 Å². The lowest BCUT2D eigenvalue weighted by molar-refractivity contribution is -0.120. The molecule has 2 rings (SSSR count). The van der Waals surface area contributed by atoms with E-state index < -0.39 is 0 Å². The van der Waals surface area contributed by atoms with Crippen LogP contribution in [-0.2, 0) is 9.59 Å². The first-order chi connectivity index (χ1) is 12.9. The summed E-state index contributed by atoms with van der Waals surface area (Å²) in [7, 11) is 1.70. The van der Waals surface area contributed by atoms with Crippen LogP contribution >= 0.6 is 0 Å². The number of rotatable bonds is 8. The number of para-hydroxylation sites is 3. The quantitative estimate of drug-likeness (QED) is 0.776. The number of nitrogens with two attached hydrogens (primary N) is 1. The molecule has 0 bridgehead atoms. The Hall–Kier alpha value is -2.86. The molecule has 0 saturated heterocycles. The summed E-state index contributed by atoms with van der Waals surface area (Å²) in [4.78, 5) is 27.9. The highest BCUT2D eigenvalue weighted by molar-refractivity contribution is 5.96. The van der Waals surface area contributed by atoms with Gasteiger partial charge in [0, 0.05) is 19.3 Å². The highest BCUT2D eigenvalue weighted by Gasteiger charge is 2.20. The molecule has 0 atom stereocenters. The molecule has 0 aliphatic heterocycles. The Balaban J connectivity index is 2.15. The molecular weight excluding hydrogens is 342 g/mol. The van der Waals surface area contributed by atoms with Crippen molar-refractivity contribution in [1.82, 2.24) is 0 Å². The summed E-state index contributed by atoms with van der Waals surface area (Å²) in [5.41, 5.74) is 6.98. The van der Waals surface area contributed by atoms with Crippen molar-refractivity contribution in [2.75, 3.05) is 36.5 Å². The lowest BCUT2D eigenvalue weighted by Crippen LogP contribution is -2.39. The van der Waals surface area contributed by atoms with E-state index in [0.717, 1.165) is 5.69 Å². The zero-order chi connectivity index (χ0) is 19.8. The molecule has 0 fully saturated rings. The molecule has 0 radical (unpaired) electrons. The van der Waals surface area contributed by atoms with Crippen LogP contribution in [0.4, 0.5) is 11.4 Å². The van der Waals surface area contributed by atoms with Crippen LogP contribution in [0.25, 0.3) is 0 Å². The van der Waals surface area contributed by atoms with Gasteiger partial charge in [0.05, 0.1) is 12.2 Å². The lowest BCUT2D eigenvalue weighted by atomic mass is 10.1. The van der Waals surface area contributed by atoms with E-state index in [2.05, 4.69) is 0 Å². The monoisotopic (exact) mass is 369 g/mol. The molecule has 0 spiro atoms. The van der Waals surface area contributed by atoms with E-state index in [1.807, 2.05) is 56.3 Å². The van der Waals surface area contributed by atoms with E-state index >= 15 is 0 Å². The van der Waals surface area contributed by atoms with E-state index in [1.54, 1.807) is 29.0 Å². The molecule has 2 aromatic rings. The van der Waals surface area contributed by atoms with E-state index in [0.29, 0.717) is 18.0 Å². The second kappa shape index (κ2) is 9.73. The summed E-state index contributed by atoms with van der Waals surface area (Å²) in [5.74, 6) is 0.373. The maximum atomic E-state index is 12.5. The smallest absolute Gasteiger partial charge is 0.264 e. The molecule has 6 heteroatoms. The van der Waals surface area contributed by atoms with E-state index in [-0.39, 0.29) is 30.9 Å². The summed E-state index contributed by atoms with van der Waals surface area (Å²) >= 11 is 0. The van der Waals surface area contributed by atoms with Gasteiger partial charge in [-0.25, -0.2) is 0 Å². The fourth-order valence-corrected chi connectivity index (χ4v) is 2.64. The highest BCUT2D eigenvalue weighted by Crippen LogP contribution is 2.29. The second-order valence-corrected chi connectivity index (χ2v) is 6.65. The fourth-order valence-electron chi connectivity index (χ4n) is 2.64. The van der Waals surface area contributed by atoms with Crippen LogP contribution in [0.5, 0.6) is 5.75 Å². The molecule has 27 heavy (non-hydrogen) atoms. The fraction of sp³-hybridized carbons (Fsp3) is 0.333. The van der Waals surface area contributed by atoms with Gasteiger partial charge in [-0.3, -0.25) is 9.59 Å². The van der Waals surface area contributed by atoms with Gasteiger partial charge in [-0.15, -0.1) is 0 Å². The third-order valence-electron chi connectivity index (χ3n) is 4.05. The van der Waals surface area contributed by atoms with Gasteiger partial charge in [0.2, 0.25) is 5.91 Å². The summed E-state index contributed by atoms with van der Waals surface area (Å²) in [5, 5.41) is 0. The number of carbonyl (C=O) groups is 2. The third kappa shape index (κ3) is 5.56. The predicted octanol–water partition coefficient (Wildman–Crippen LogP) is 2.68. The largest absolute Gasteiger partial charge is 0.482 e. The van der Waals surface area contributed by atoms with Gasteiger partial charge in [0.15, 0.2) is 6.61 Å². The molecule has 0 heterocycles. The van der Waals surface area contributed by atoms with Crippen molar-refractivity contribution in [2.24, 2.45) is 11.7 Å². The van der Waals surface area contributed by atoms with Gasteiger partial charge < -0.3 is 20.3 Å². The molecular formula is C21H27N3O3. The first-order valence-electron chi connectivity index (χ1n) is 8.98. The summed E-state index contributed by atoms with van der Waals surface area (Å²) in [6.07, 6.45) is 0. The van der Waals surface area contributed by atoms with Gasteiger partial charge in [0.25, 0.3) is 5.91 Å². The van der Waals surface area contributed by atoms with Crippen molar-refractivity contribution in [3.8, 4) is 5.75 Å². The van der Waals surface area contributed by atoms with Gasteiger partial charge in [-0.2, -0.15) is 0 Å². The molecule has 0 aliphatic carbocycles. The van der Waals surface area contributed by atoms with Crippen LogP contribution in [0.1, 0.15) is 13.8 Å². The zero-order valence-electron chi connectivity index (χ0n) is 16.1. The van der Waals surface area contributed by atoms with Crippen molar-refractivity contribution in [3.63, 3.8) is 0 Å². The average molecular weight is 369 g/mol. The number of carbonyl (C=O) groups excluding carboxylic acids is 2. The predicted molar refractivity (Wildman–Crippen MR) is 108 cm³/mol. The highest BCUT2D eigenvalue weighted by atomic mass is 16.5. The van der Waals surface area contributed by atoms with Crippen molar-refractivity contribution in [3.05, 3.63) is 54.6 Å². The van der Waals surface area contributed by atoms with Gasteiger partial charge in [0.1, 0.15) is 5.75 Å². The molecule has 2 amide bonds. The van der Waals surface area contributed by atoms with E-state index in [4.69, 9.17) is 10.5 Å². The molecule has 0 unspecified atom stereocenters. The first kappa shape index (κ1) is 20.5. The van der Waals surface area contributed by atoms with Crippen LogP contribution in [0.2, 0.25) is 0 Å². The maximum Gasteiger partial charge on any atom is 0.264 e. The standard InChI is InChI=1S/C21H27N3O3/c1-16(2)14-24(20(25)13-22)18-11-7-8-12-19(18)27-15-21(26)23(3)17-9-5-4-6-10-17/h4-12,16H,13-15,22H2,1-3H3. The topological polar surface area (TPSA) is 75.9 Å². The summed E-state index contributed by atoms with van der Waals surface area (Å²) in [6, 6.07) is 16.6. The number of hydrogen-bond donors (Lipinski definition) is 1. The van der Waals surface area contributed by atoms with Crippen molar-refractivity contribution in [2.45, 2.75) is 13.8 Å². The molecule has 0 aliphatic rings. The number of likely N-dealkylation sites (N-methyl/N-ethyl adjacent to an activating group) is 1. The van der Waals surface area contributed by atoms with Gasteiger partial charge in [-0.1, -0.05) is 44.2 Å². The van der Waals surface area contributed by atoms with Gasteiger partial charge >= 0.3 is 0 Å². The SMILES string of the molecule is CC(C)CN(C(=O)CN)c1ccccc1OCC(=O)N(C)c1ccccc1. The first-order valence-corrected chi connectivity index (χ1v) is 8.98. The molecule has 2 N–H and O–H groups in total. The Bertz CT molecular complexity index is 762. The van der Waals surface area contributed by atoms with Crippen LogP contribution < -0.4 is 20.3 Å². The Labute approximate surface area is 160 Å². The molecule has 6 nitrogen and oxygen atoms in total. The molecule has 2 aromatic carbocycles. The molecule has 0 saturated carbocycles. The van der Waals surface area contributed by atoms with Gasteiger partial charge in [-0.05, 0) is 30.2 Å². The third-order valence-corrected chi connectivity index (χ3v) is 4.05. The lowest BCUT2D eigenvalue weighted by Gasteiger charge is -2.26. The van der Waals surface area contributed by atoms with E-state index in [9.17, 15) is 9.59 Å². The van der Waals surface area contributed by atoms with Crippen LogP contribution in [-0.4, -0.2) is 38.6 Å². The number of benzene rings is 2. The normalized spacial score (nSPS) is 10.6. The van der Waals surface area contributed by atoms with Crippen molar-refractivity contribution >= 4 is 23.2 Å². The Morgan fingerprint density at radius 1 is 1.00 bits per heavy atom. The number of hydrogen-bond acceptors (Lipinski definition) is 4. The average Bonchev–Trinajstić information content (AvgIpc) is 2.69.